The lowest BCUT2D eigenvalue weighted by molar-refractivity contribution is -0.143. The first-order chi connectivity index (χ1) is 13.0. The van der Waals surface area contributed by atoms with Crippen molar-refractivity contribution in [1.29, 1.82) is 0 Å². The maximum atomic E-state index is 12.5. The maximum Gasteiger partial charge on any atom is 0.326 e. The summed E-state index contributed by atoms with van der Waals surface area (Å²) in [7, 11) is 0. The van der Waals surface area contributed by atoms with E-state index >= 15 is 0 Å². The Balaban J connectivity index is 1.50. The Kier molecular flexibility index (Phi) is 4.51. The summed E-state index contributed by atoms with van der Waals surface area (Å²) in [5, 5.41) is 0.722. The average Bonchev–Trinajstić information content (AvgIpc) is 3.26. The first-order valence-electron chi connectivity index (χ1n) is 7.84. The normalized spacial score (nSPS) is 11.1. The molecule has 0 aliphatic carbocycles. The van der Waals surface area contributed by atoms with Crippen LogP contribution in [0.1, 0.15) is 9.67 Å². The Morgan fingerprint density at radius 2 is 2.04 bits per heavy atom. The van der Waals surface area contributed by atoms with Gasteiger partial charge in [0.15, 0.2) is 6.61 Å². The molecule has 4 rings (SSSR count). The lowest BCUT2D eigenvalue weighted by atomic mass is 10.2. The summed E-state index contributed by atoms with van der Waals surface area (Å²) in [6.45, 7) is -0.804. The zero-order chi connectivity index (χ0) is 19.0. The molecule has 0 radical (unpaired) electrons. The number of furan rings is 1. The van der Waals surface area contributed by atoms with Crippen LogP contribution >= 0.6 is 22.9 Å². The number of ether oxygens (including phenoxy) is 1. The van der Waals surface area contributed by atoms with Crippen molar-refractivity contribution in [3.63, 3.8) is 0 Å². The molecule has 0 amide bonds. The summed E-state index contributed by atoms with van der Waals surface area (Å²) in [5.41, 5.74) is 0.544. The van der Waals surface area contributed by atoms with E-state index in [1.54, 1.807) is 30.3 Å². The fourth-order valence-corrected chi connectivity index (χ4v) is 3.56. The van der Waals surface area contributed by atoms with Gasteiger partial charge in [0.2, 0.25) is 11.4 Å². The molecule has 7 nitrogen and oxygen atoms in total. The molecule has 0 bridgehead atoms. The third kappa shape index (κ3) is 3.36. The number of halogens is 1. The van der Waals surface area contributed by atoms with Gasteiger partial charge in [-0.05, 0) is 24.3 Å². The Bertz CT molecular complexity index is 1240. The SMILES string of the molecule is O=C(Cn1cnc2c(oc3ccccc32)c1=O)OCC(=O)c1ccc(Cl)s1. The summed E-state index contributed by atoms with van der Waals surface area (Å²) in [6, 6.07) is 10.3. The third-order valence-electron chi connectivity index (χ3n) is 3.86. The molecule has 1 aromatic carbocycles. The monoisotopic (exact) mass is 402 g/mol. The van der Waals surface area contributed by atoms with Gasteiger partial charge in [-0.15, -0.1) is 11.3 Å². The zero-order valence-electron chi connectivity index (χ0n) is 13.7. The molecule has 3 aromatic heterocycles. The van der Waals surface area contributed by atoms with Crippen LogP contribution in [0.3, 0.4) is 0 Å². The predicted molar refractivity (Wildman–Crippen MR) is 100 cm³/mol. The number of rotatable bonds is 5. The summed E-state index contributed by atoms with van der Waals surface area (Å²) in [5.74, 6) is -1.09. The van der Waals surface area contributed by atoms with E-state index in [9.17, 15) is 14.4 Å². The van der Waals surface area contributed by atoms with Gasteiger partial charge in [-0.1, -0.05) is 23.7 Å². The maximum absolute atomic E-state index is 12.5. The molecular weight excluding hydrogens is 392 g/mol. The van der Waals surface area contributed by atoms with E-state index in [1.165, 1.54) is 6.33 Å². The number of thiophene rings is 1. The Hall–Kier alpha value is -2.97. The van der Waals surface area contributed by atoms with Crippen LogP contribution in [0, 0.1) is 0 Å². The second-order valence-electron chi connectivity index (χ2n) is 5.64. The van der Waals surface area contributed by atoms with Gasteiger partial charge in [0.05, 0.1) is 15.5 Å². The van der Waals surface area contributed by atoms with Crippen molar-refractivity contribution in [1.82, 2.24) is 9.55 Å². The molecule has 0 atom stereocenters. The minimum absolute atomic E-state index is 0.0656. The molecule has 0 saturated heterocycles. The van der Waals surface area contributed by atoms with Crippen molar-refractivity contribution in [3.8, 4) is 0 Å². The van der Waals surface area contributed by atoms with Crippen LogP contribution in [-0.2, 0) is 16.1 Å². The van der Waals surface area contributed by atoms with Crippen molar-refractivity contribution in [2.45, 2.75) is 6.54 Å². The Morgan fingerprint density at radius 3 is 2.81 bits per heavy atom. The molecule has 0 aliphatic heterocycles. The van der Waals surface area contributed by atoms with Crippen LogP contribution in [0.2, 0.25) is 4.34 Å². The Labute approximate surface area is 160 Å². The van der Waals surface area contributed by atoms with Gasteiger partial charge in [-0.3, -0.25) is 19.0 Å². The van der Waals surface area contributed by atoms with Gasteiger partial charge >= 0.3 is 5.97 Å². The number of nitrogens with zero attached hydrogens (tertiary/aromatic N) is 2. The van der Waals surface area contributed by atoms with E-state index < -0.39 is 18.1 Å². The second-order valence-corrected chi connectivity index (χ2v) is 7.36. The van der Waals surface area contributed by atoms with E-state index in [0.717, 1.165) is 21.3 Å². The molecule has 27 heavy (non-hydrogen) atoms. The highest BCUT2D eigenvalue weighted by molar-refractivity contribution is 7.18. The van der Waals surface area contributed by atoms with Crippen LogP contribution < -0.4 is 5.56 Å². The molecule has 0 N–H and O–H groups in total. The van der Waals surface area contributed by atoms with Crippen molar-refractivity contribution in [2.24, 2.45) is 0 Å². The number of para-hydroxylation sites is 1. The van der Waals surface area contributed by atoms with Crippen LogP contribution in [0.15, 0.2) is 51.9 Å². The fraction of sp³-hybridized carbons (Fsp3) is 0.111. The minimum Gasteiger partial charge on any atom is -0.456 e. The molecule has 3 heterocycles. The first-order valence-corrected chi connectivity index (χ1v) is 9.03. The van der Waals surface area contributed by atoms with Crippen molar-refractivity contribution in [3.05, 3.63) is 62.3 Å². The molecule has 4 aromatic rings. The van der Waals surface area contributed by atoms with Crippen molar-refractivity contribution < 1.29 is 18.7 Å². The van der Waals surface area contributed by atoms with Gasteiger partial charge in [-0.25, -0.2) is 4.98 Å². The number of carbonyl (C=O) groups is 2. The molecule has 136 valence electrons. The van der Waals surface area contributed by atoms with E-state index in [-0.39, 0.29) is 17.9 Å². The molecule has 0 spiro atoms. The lowest BCUT2D eigenvalue weighted by Crippen LogP contribution is -2.26. The summed E-state index contributed by atoms with van der Waals surface area (Å²) in [4.78, 5) is 41.1. The Morgan fingerprint density at radius 1 is 1.22 bits per heavy atom. The highest BCUT2D eigenvalue weighted by Gasteiger charge is 2.16. The lowest BCUT2D eigenvalue weighted by Gasteiger charge is -2.05. The van der Waals surface area contributed by atoms with Gasteiger partial charge in [-0.2, -0.15) is 0 Å². The van der Waals surface area contributed by atoms with Gasteiger partial charge in [0.25, 0.3) is 5.56 Å². The topological polar surface area (TPSA) is 91.4 Å². The number of hydrogen-bond acceptors (Lipinski definition) is 7. The molecule has 0 fully saturated rings. The number of fused-ring (bicyclic) bond motifs is 3. The summed E-state index contributed by atoms with van der Waals surface area (Å²) in [6.07, 6.45) is 1.26. The fourth-order valence-electron chi connectivity index (χ4n) is 2.59. The molecule has 0 saturated carbocycles. The summed E-state index contributed by atoms with van der Waals surface area (Å²) < 4.78 is 12.1. The zero-order valence-corrected chi connectivity index (χ0v) is 15.2. The minimum atomic E-state index is -0.731. The highest BCUT2D eigenvalue weighted by atomic mass is 35.5. The number of ketones is 1. The van der Waals surface area contributed by atoms with Gasteiger partial charge < -0.3 is 9.15 Å². The largest absolute Gasteiger partial charge is 0.456 e. The van der Waals surface area contributed by atoms with Crippen molar-refractivity contribution >= 4 is 56.8 Å². The second kappa shape index (κ2) is 6.98. The number of carbonyl (C=O) groups excluding carboxylic acids is 2. The molecule has 0 unspecified atom stereocenters. The van der Waals surface area contributed by atoms with Crippen molar-refractivity contribution in [2.75, 3.05) is 6.61 Å². The van der Waals surface area contributed by atoms with Gasteiger partial charge in [0, 0.05) is 5.39 Å². The number of Topliss-reactive ketones (excluding diaryl/α,β-unsaturated/α-hetero) is 1. The van der Waals surface area contributed by atoms with E-state index in [1.807, 2.05) is 6.07 Å². The number of esters is 1. The first kappa shape index (κ1) is 17.4. The number of aromatic nitrogens is 2. The third-order valence-corrected chi connectivity index (χ3v) is 5.13. The average molecular weight is 403 g/mol. The highest BCUT2D eigenvalue weighted by Crippen LogP contribution is 2.24. The standard InChI is InChI=1S/C18H11ClN2O5S/c19-14-6-5-13(27-14)11(22)8-25-15(23)7-21-9-20-16-10-3-1-2-4-12(10)26-17(16)18(21)24/h1-6,9H,7-8H2. The number of hydrogen-bond donors (Lipinski definition) is 0. The van der Waals surface area contributed by atoms with Crippen LogP contribution in [-0.4, -0.2) is 27.9 Å². The van der Waals surface area contributed by atoms with E-state index in [4.69, 9.17) is 20.8 Å². The van der Waals surface area contributed by atoms with E-state index in [2.05, 4.69) is 4.98 Å². The van der Waals surface area contributed by atoms with Crippen LogP contribution in [0.25, 0.3) is 22.1 Å². The summed E-state index contributed by atoms with van der Waals surface area (Å²) >= 11 is 6.88. The number of benzene rings is 1. The molecular formula is C18H11ClN2O5S. The predicted octanol–water partition coefficient (Wildman–Crippen LogP) is 3.28. The molecule has 0 aliphatic rings. The smallest absolute Gasteiger partial charge is 0.326 e. The van der Waals surface area contributed by atoms with Crippen LogP contribution in [0.5, 0.6) is 0 Å². The van der Waals surface area contributed by atoms with E-state index in [0.29, 0.717) is 20.3 Å². The molecule has 9 heteroatoms. The van der Waals surface area contributed by atoms with Gasteiger partial charge in [0.1, 0.15) is 17.6 Å². The van der Waals surface area contributed by atoms with Crippen LogP contribution in [0.4, 0.5) is 0 Å². The quantitative estimate of drug-likeness (QED) is 0.376.